The first-order valence-corrected chi connectivity index (χ1v) is 6.17. The highest BCUT2D eigenvalue weighted by atomic mass is 16.6. The summed E-state index contributed by atoms with van der Waals surface area (Å²) in [4.78, 5) is 14.7. The van der Waals surface area contributed by atoms with Gasteiger partial charge in [-0.15, -0.1) is 0 Å². The molecule has 0 atom stereocenters. The van der Waals surface area contributed by atoms with E-state index in [1.54, 1.807) is 26.1 Å². The Kier molecular flexibility index (Phi) is 4.31. The maximum Gasteiger partial charge on any atom is 0.311 e. The lowest BCUT2D eigenvalue weighted by Gasteiger charge is -2.08. The minimum absolute atomic E-state index is 0.0871. The second-order valence-electron chi connectivity index (χ2n) is 3.99. The highest BCUT2D eigenvalue weighted by Crippen LogP contribution is 2.38. The Hall–Kier alpha value is -2.41. The molecule has 2 rings (SSSR count). The van der Waals surface area contributed by atoms with Gasteiger partial charge in [0.15, 0.2) is 5.76 Å². The van der Waals surface area contributed by atoms with E-state index in [2.05, 4.69) is 10.3 Å². The number of rotatable bonds is 6. The molecule has 1 aromatic heterocycles. The van der Waals surface area contributed by atoms with E-state index < -0.39 is 4.92 Å². The van der Waals surface area contributed by atoms with Gasteiger partial charge in [-0.3, -0.25) is 10.1 Å². The van der Waals surface area contributed by atoms with Crippen LogP contribution < -0.4 is 10.1 Å². The molecule has 0 bridgehead atoms. The summed E-state index contributed by atoms with van der Waals surface area (Å²) in [5, 5.41) is 14.0. The van der Waals surface area contributed by atoms with Crippen molar-refractivity contribution in [1.82, 2.24) is 10.3 Å². The van der Waals surface area contributed by atoms with Crippen LogP contribution in [-0.2, 0) is 6.54 Å². The molecule has 0 amide bonds. The summed E-state index contributed by atoms with van der Waals surface area (Å²) in [5.74, 6) is 1.16. The molecule has 0 spiro atoms. The van der Waals surface area contributed by atoms with Crippen LogP contribution in [0.1, 0.15) is 12.8 Å². The van der Waals surface area contributed by atoms with Gasteiger partial charge in [-0.1, -0.05) is 6.07 Å². The van der Waals surface area contributed by atoms with Crippen molar-refractivity contribution in [1.29, 1.82) is 0 Å². The Morgan fingerprint density at radius 2 is 2.30 bits per heavy atom. The first-order chi connectivity index (χ1) is 9.67. The van der Waals surface area contributed by atoms with Gasteiger partial charge in [-0.2, -0.15) is 0 Å². The molecule has 1 aromatic carbocycles. The molecular formula is C13H15N3O4. The quantitative estimate of drug-likeness (QED) is 0.644. The number of nitro groups is 1. The third-order valence-electron chi connectivity index (χ3n) is 2.63. The molecule has 0 saturated heterocycles. The van der Waals surface area contributed by atoms with E-state index in [0.717, 1.165) is 0 Å². The SMILES string of the molecule is CCOc1c(-c2cnc(CNC)o2)cccc1[N+](=O)[O-]. The topological polar surface area (TPSA) is 90.4 Å². The van der Waals surface area contributed by atoms with E-state index in [1.807, 2.05) is 0 Å². The predicted octanol–water partition coefficient (Wildman–Crippen LogP) is 2.37. The fourth-order valence-corrected chi connectivity index (χ4v) is 1.83. The van der Waals surface area contributed by atoms with Crippen LogP contribution in [0.25, 0.3) is 11.3 Å². The maximum absolute atomic E-state index is 11.1. The zero-order valence-electron chi connectivity index (χ0n) is 11.3. The van der Waals surface area contributed by atoms with Gasteiger partial charge in [0.25, 0.3) is 0 Å². The Morgan fingerprint density at radius 1 is 1.50 bits per heavy atom. The average molecular weight is 277 g/mol. The zero-order chi connectivity index (χ0) is 14.5. The van der Waals surface area contributed by atoms with Gasteiger partial charge >= 0.3 is 5.69 Å². The van der Waals surface area contributed by atoms with Crippen LogP contribution in [0.15, 0.2) is 28.8 Å². The fraction of sp³-hybridized carbons (Fsp3) is 0.308. The molecule has 0 aliphatic heterocycles. The van der Waals surface area contributed by atoms with Gasteiger partial charge in [0.1, 0.15) is 0 Å². The molecule has 0 fully saturated rings. The molecule has 106 valence electrons. The number of aromatic nitrogens is 1. The lowest BCUT2D eigenvalue weighted by molar-refractivity contribution is -0.385. The van der Waals surface area contributed by atoms with E-state index in [-0.39, 0.29) is 11.4 Å². The van der Waals surface area contributed by atoms with Crippen LogP contribution >= 0.6 is 0 Å². The van der Waals surface area contributed by atoms with E-state index in [9.17, 15) is 10.1 Å². The van der Waals surface area contributed by atoms with Gasteiger partial charge in [0.05, 0.1) is 29.8 Å². The van der Waals surface area contributed by atoms with Gasteiger partial charge in [0.2, 0.25) is 11.6 Å². The lowest BCUT2D eigenvalue weighted by Crippen LogP contribution is -2.04. The third-order valence-corrected chi connectivity index (χ3v) is 2.63. The minimum Gasteiger partial charge on any atom is -0.487 e. The van der Waals surface area contributed by atoms with Gasteiger partial charge in [-0.05, 0) is 20.0 Å². The number of para-hydroxylation sites is 1. The third kappa shape index (κ3) is 2.77. The maximum atomic E-state index is 11.1. The lowest BCUT2D eigenvalue weighted by atomic mass is 10.1. The van der Waals surface area contributed by atoms with Crippen LogP contribution in [0.2, 0.25) is 0 Å². The second kappa shape index (κ2) is 6.16. The van der Waals surface area contributed by atoms with Crippen LogP contribution in [-0.4, -0.2) is 23.6 Å². The summed E-state index contributed by atoms with van der Waals surface area (Å²) in [6.07, 6.45) is 1.54. The van der Waals surface area contributed by atoms with E-state index in [1.165, 1.54) is 12.3 Å². The Labute approximate surface area is 115 Å². The molecule has 1 N–H and O–H groups in total. The molecule has 2 aromatic rings. The molecule has 0 aliphatic rings. The molecule has 20 heavy (non-hydrogen) atoms. The molecule has 7 heteroatoms. The summed E-state index contributed by atoms with van der Waals surface area (Å²) < 4.78 is 11.0. The van der Waals surface area contributed by atoms with Crippen molar-refractivity contribution in [3.05, 3.63) is 40.4 Å². The summed E-state index contributed by atoms with van der Waals surface area (Å²) in [5.41, 5.74) is 0.437. The number of nitrogens with zero attached hydrogens (tertiary/aromatic N) is 2. The van der Waals surface area contributed by atoms with Crippen molar-refractivity contribution >= 4 is 5.69 Å². The first kappa shape index (κ1) is 14.0. The minimum atomic E-state index is -0.473. The average Bonchev–Trinajstić information content (AvgIpc) is 2.88. The van der Waals surface area contributed by atoms with Crippen LogP contribution in [0.3, 0.4) is 0 Å². The van der Waals surface area contributed by atoms with Crippen LogP contribution in [0.4, 0.5) is 5.69 Å². The number of oxazole rings is 1. The normalized spacial score (nSPS) is 10.5. The standard InChI is InChI=1S/C13H15N3O4/c1-3-19-13-9(5-4-6-10(13)16(17)18)11-7-15-12(20-11)8-14-2/h4-7,14H,3,8H2,1-2H3. The number of benzene rings is 1. The smallest absolute Gasteiger partial charge is 0.311 e. The van der Waals surface area contributed by atoms with Crippen molar-refractivity contribution in [2.45, 2.75) is 13.5 Å². The number of hydrogen-bond acceptors (Lipinski definition) is 6. The summed E-state index contributed by atoms with van der Waals surface area (Å²) in [6, 6.07) is 4.71. The zero-order valence-corrected chi connectivity index (χ0v) is 11.3. The van der Waals surface area contributed by atoms with Gasteiger partial charge in [-0.25, -0.2) is 4.98 Å². The molecule has 7 nitrogen and oxygen atoms in total. The van der Waals surface area contributed by atoms with E-state index in [4.69, 9.17) is 9.15 Å². The predicted molar refractivity (Wildman–Crippen MR) is 72.5 cm³/mol. The van der Waals surface area contributed by atoms with Crippen molar-refractivity contribution < 1.29 is 14.1 Å². The molecule has 1 heterocycles. The van der Waals surface area contributed by atoms with Crippen molar-refractivity contribution in [2.24, 2.45) is 0 Å². The summed E-state index contributed by atoms with van der Waals surface area (Å²) >= 11 is 0. The van der Waals surface area contributed by atoms with E-state index in [0.29, 0.717) is 30.4 Å². The molecule has 0 unspecified atom stereocenters. The highest BCUT2D eigenvalue weighted by molar-refractivity contribution is 5.71. The number of nitrogens with one attached hydrogen (secondary N) is 1. The first-order valence-electron chi connectivity index (χ1n) is 6.17. The molecule has 0 radical (unpaired) electrons. The Balaban J connectivity index is 2.48. The highest BCUT2D eigenvalue weighted by Gasteiger charge is 2.21. The molecule has 0 saturated carbocycles. The fourth-order valence-electron chi connectivity index (χ4n) is 1.83. The van der Waals surface area contributed by atoms with Crippen LogP contribution in [0.5, 0.6) is 5.75 Å². The monoisotopic (exact) mass is 277 g/mol. The molecular weight excluding hydrogens is 262 g/mol. The Morgan fingerprint density at radius 3 is 2.95 bits per heavy atom. The number of nitro benzene ring substituents is 1. The van der Waals surface area contributed by atoms with Crippen molar-refractivity contribution in [3.63, 3.8) is 0 Å². The molecule has 0 aliphatic carbocycles. The second-order valence-corrected chi connectivity index (χ2v) is 3.99. The van der Waals surface area contributed by atoms with Crippen LogP contribution in [0, 0.1) is 10.1 Å². The van der Waals surface area contributed by atoms with Gasteiger partial charge < -0.3 is 14.5 Å². The number of ether oxygens (including phenoxy) is 1. The van der Waals surface area contributed by atoms with Crippen molar-refractivity contribution in [2.75, 3.05) is 13.7 Å². The largest absolute Gasteiger partial charge is 0.487 e. The Bertz CT molecular complexity index is 609. The summed E-state index contributed by atoms with van der Waals surface area (Å²) in [7, 11) is 1.78. The van der Waals surface area contributed by atoms with Crippen molar-refractivity contribution in [3.8, 4) is 17.1 Å². The summed E-state index contributed by atoms with van der Waals surface area (Å²) in [6.45, 7) is 2.58. The number of hydrogen-bond donors (Lipinski definition) is 1. The van der Waals surface area contributed by atoms with E-state index >= 15 is 0 Å². The van der Waals surface area contributed by atoms with Gasteiger partial charge in [0, 0.05) is 6.07 Å².